The van der Waals surface area contributed by atoms with Crippen LogP contribution >= 0.6 is 0 Å². The Bertz CT molecular complexity index is 648. The molecule has 1 aromatic rings. The van der Waals surface area contributed by atoms with Crippen LogP contribution in [0.1, 0.15) is 20.1 Å². The molecule has 0 bridgehead atoms. The SMILES string of the molecule is CC1(C)O[C@@H]2[C@H](O1)[C@@H](C=O)O[C@H]2n1ccc(=O)[nH]c1=O. The van der Waals surface area contributed by atoms with Gasteiger partial charge >= 0.3 is 5.69 Å². The molecule has 0 spiro atoms. The minimum absolute atomic E-state index is 0.503. The summed E-state index contributed by atoms with van der Waals surface area (Å²) in [6.45, 7) is 3.44. The molecule has 1 N–H and O–H groups in total. The van der Waals surface area contributed by atoms with Crippen molar-refractivity contribution in [3.8, 4) is 0 Å². The number of hydrogen-bond acceptors (Lipinski definition) is 6. The van der Waals surface area contributed by atoms with E-state index in [0.29, 0.717) is 6.29 Å². The van der Waals surface area contributed by atoms with Gasteiger partial charge in [0.15, 0.2) is 18.3 Å². The predicted molar refractivity (Wildman–Crippen MR) is 65.1 cm³/mol. The molecular formula is C12H14N2O6. The zero-order chi connectivity index (χ0) is 14.5. The average molecular weight is 282 g/mol. The lowest BCUT2D eigenvalue weighted by molar-refractivity contribution is -0.195. The summed E-state index contributed by atoms with van der Waals surface area (Å²) in [5.41, 5.74) is -1.13. The minimum atomic E-state index is -0.857. The molecule has 0 aromatic carbocycles. The molecule has 2 aliphatic heterocycles. The Morgan fingerprint density at radius 1 is 1.30 bits per heavy atom. The first-order chi connectivity index (χ1) is 9.41. The molecule has 20 heavy (non-hydrogen) atoms. The number of fused-ring (bicyclic) bond motifs is 1. The maximum atomic E-state index is 11.8. The van der Waals surface area contributed by atoms with Crippen LogP contribution in [-0.4, -0.2) is 39.9 Å². The van der Waals surface area contributed by atoms with E-state index in [-0.39, 0.29) is 0 Å². The second kappa shape index (κ2) is 4.37. The van der Waals surface area contributed by atoms with Gasteiger partial charge in [-0.1, -0.05) is 0 Å². The molecule has 0 amide bonds. The highest BCUT2D eigenvalue weighted by atomic mass is 16.8. The van der Waals surface area contributed by atoms with Crippen molar-refractivity contribution in [2.75, 3.05) is 0 Å². The normalized spacial score (nSPS) is 34.9. The molecule has 2 fully saturated rings. The van der Waals surface area contributed by atoms with Crippen LogP contribution in [0, 0.1) is 0 Å². The van der Waals surface area contributed by atoms with Gasteiger partial charge in [-0.25, -0.2) is 4.79 Å². The highest BCUT2D eigenvalue weighted by molar-refractivity contribution is 5.58. The van der Waals surface area contributed by atoms with E-state index in [1.807, 2.05) is 0 Å². The Morgan fingerprint density at radius 3 is 2.65 bits per heavy atom. The highest BCUT2D eigenvalue weighted by Crippen LogP contribution is 2.41. The summed E-state index contributed by atoms with van der Waals surface area (Å²) in [7, 11) is 0. The third-order valence-electron chi connectivity index (χ3n) is 3.32. The molecule has 108 valence electrons. The van der Waals surface area contributed by atoms with Crippen molar-refractivity contribution in [1.29, 1.82) is 0 Å². The number of carbonyl (C=O) groups excluding carboxylic acids is 1. The summed E-state index contributed by atoms with van der Waals surface area (Å²) < 4.78 is 18.0. The van der Waals surface area contributed by atoms with Crippen LogP contribution in [0.15, 0.2) is 21.9 Å². The van der Waals surface area contributed by atoms with Gasteiger partial charge < -0.3 is 19.0 Å². The van der Waals surface area contributed by atoms with E-state index in [1.54, 1.807) is 13.8 Å². The zero-order valence-corrected chi connectivity index (χ0v) is 10.9. The Kier molecular flexibility index (Phi) is 2.89. The second-order valence-corrected chi connectivity index (χ2v) is 5.21. The molecule has 2 aliphatic rings. The number of carbonyl (C=O) groups is 1. The number of hydrogen-bond donors (Lipinski definition) is 1. The Morgan fingerprint density at radius 2 is 2.00 bits per heavy atom. The Labute approximate surface area is 113 Å². The molecule has 0 saturated carbocycles. The highest BCUT2D eigenvalue weighted by Gasteiger charge is 2.56. The van der Waals surface area contributed by atoms with Crippen molar-refractivity contribution in [3.05, 3.63) is 33.1 Å². The molecule has 0 unspecified atom stereocenters. The van der Waals surface area contributed by atoms with Gasteiger partial charge in [-0.2, -0.15) is 0 Å². The fraction of sp³-hybridized carbons (Fsp3) is 0.583. The maximum Gasteiger partial charge on any atom is 0.330 e. The van der Waals surface area contributed by atoms with Gasteiger partial charge in [0.05, 0.1) is 0 Å². The van der Waals surface area contributed by atoms with E-state index < -0.39 is 41.6 Å². The quantitative estimate of drug-likeness (QED) is 0.709. The maximum absolute atomic E-state index is 11.8. The van der Waals surface area contributed by atoms with Gasteiger partial charge in [-0.05, 0) is 13.8 Å². The predicted octanol–water partition coefficient (Wildman–Crippen LogP) is -0.847. The van der Waals surface area contributed by atoms with Gasteiger partial charge in [-0.15, -0.1) is 0 Å². The Balaban J connectivity index is 2.00. The van der Waals surface area contributed by atoms with Crippen LogP contribution in [0.25, 0.3) is 0 Å². The van der Waals surface area contributed by atoms with Gasteiger partial charge in [0.2, 0.25) is 0 Å². The molecule has 8 nitrogen and oxygen atoms in total. The number of aromatic amines is 1. The van der Waals surface area contributed by atoms with Crippen LogP contribution in [0.4, 0.5) is 0 Å². The van der Waals surface area contributed by atoms with Crippen LogP contribution in [0.2, 0.25) is 0 Å². The standard InChI is InChI=1S/C12H14N2O6/c1-12(2)19-8-6(5-15)18-10(9(8)20-12)14-4-3-7(16)13-11(14)17/h3-6,8-10H,1-2H3,(H,13,16,17)/t6-,8-,9-,10-/m1/s1. The zero-order valence-electron chi connectivity index (χ0n) is 10.9. The van der Waals surface area contributed by atoms with E-state index in [1.165, 1.54) is 16.8 Å². The smallest absolute Gasteiger partial charge is 0.330 e. The number of ether oxygens (including phenoxy) is 3. The average Bonchev–Trinajstić information content (AvgIpc) is 2.83. The monoisotopic (exact) mass is 282 g/mol. The molecular weight excluding hydrogens is 268 g/mol. The number of H-pyrrole nitrogens is 1. The van der Waals surface area contributed by atoms with E-state index in [0.717, 1.165) is 0 Å². The van der Waals surface area contributed by atoms with E-state index in [9.17, 15) is 14.4 Å². The van der Waals surface area contributed by atoms with Gasteiger partial charge in [0.25, 0.3) is 5.56 Å². The van der Waals surface area contributed by atoms with Crippen LogP contribution < -0.4 is 11.2 Å². The van der Waals surface area contributed by atoms with Crippen molar-refractivity contribution in [1.82, 2.24) is 9.55 Å². The van der Waals surface area contributed by atoms with Crippen molar-refractivity contribution < 1.29 is 19.0 Å². The van der Waals surface area contributed by atoms with E-state index in [2.05, 4.69) is 4.98 Å². The molecule has 8 heteroatoms. The first-order valence-electron chi connectivity index (χ1n) is 6.19. The third kappa shape index (κ3) is 2.01. The second-order valence-electron chi connectivity index (χ2n) is 5.21. The summed E-state index contributed by atoms with van der Waals surface area (Å²) in [4.78, 5) is 36.1. The first kappa shape index (κ1) is 13.2. The molecule has 2 saturated heterocycles. The first-order valence-corrected chi connectivity index (χ1v) is 6.19. The van der Waals surface area contributed by atoms with Crippen molar-refractivity contribution >= 4 is 6.29 Å². The largest absolute Gasteiger partial charge is 0.341 e. The van der Waals surface area contributed by atoms with Crippen LogP contribution in [-0.2, 0) is 19.0 Å². The summed E-state index contributed by atoms with van der Waals surface area (Å²) >= 11 is 0. The van der Waals surface area contributed by atoms with Crippen molar-refractivity contribution in [2.45, 2.75) is 44.2 Å². The number of rotatable bonds is 2. The fourth-order valence-corrected chi connectivity index (χ4v) is 2.57. The number of aromatic nitrogens is 2. The van der Waals surface area contributed by atoms with E-state index >= 15 is 0 Å². The van der Waals surface area contributed by atoms with Gasteiger partial charge in [-0.3, -0.25) is 14.3 Å². The molecule has 4 atom stereocenters. The number of nitrogens with one attached hydrogen (secondary N) is 1. The lowest BCUT2D eigenvalue weighted by Gasteiger charge is -2.23. The lowest BCUT2D eigenvalue weighted by atomic mass is 10.1. The molecule has 0 radical (unpaired) electrons. The van der Waals surface area contributed by atoms with Crippen molar-refractivity contribution in [3.63, 3.8) is 0 Å². The van der Waals surface area contributed by atoms with Gasteiger partial charge in [0.1, 0.15) is 18.3 Å². The Hall–Kier alpha value is -1.77. The molecule has 0 aliphatic carbocycles. The summed E-state index contributed by atoms with van der Waals surface area (Å²) in [5, 5.41) is 0. The fourth-order valence-electron chi connectivity index (χ4n) is 2.57. The number of aldehydes is 1. The van der Waals surface area contributed by atoms with Gasteiger partial charge in [0, 0.05) is 12.3 Å². The van der Waals surface area contributed by atoms with Crippen LogP contribution in [0.5, 0.6) is 0 Å². The van der Waals surface area contributed by atoms with Crippen LogP contribution in [0.3, 0.4) is 0 Å². The number of nitrogens with zero attached hydrogens (tertiary/aromatic N) is 1. The minimum Gasteiger partial charge on any atom is -0.341 e. The summed E-state index contributed by atoms with van der Waals surface area (Å²) in [5.74, 6) is -0.857. The molecule has 3 heterocycles. The molecule has 1 aromatic heterocycles. The third-order valence-corrected chi connectivity index (χ3v) is 3.32. The van der Waals surface area contributed by atoms with E-state index in [4.69, 9.17) is 14.2 Å². The van der Waals surface area contributed by atoms with Crippen molar-refractivity contribution in [2.24, 2.45) is 0 Å². The molecule has 3 rings (SSSR count). The summed E-state index contributed by atoms with van der Waals surface area (Å²) in [6.07, 6.45) is -0.869. The lowest BCUT2D eigenvalue weighted by Crippen LogP contribution is -2.37. The topological polar surface area (TPSA) is 99.6 Å². The summed E-state index contributed by atoms with van der Waals surface area (Å²) in [6, 6.07) is 1.20.